The summed E-state index contributed by atoms with van der Waals surface area (Å²) in [5, 5.41) is 5.00. The molecule has 182 valence electrons. The zero-order chi connectivity index (χ0) is 23.4. The summed E-state index contributed by atoms with van der Waals surface area (Å²) in [5.74, 6) is 1.66. The maximum atomic E-state index is 13.5. The van der Waals surface area contributed by atoms with Crippen LogP contribution in [0.25, 0.3) is 16.8 Å². The molecule has 1 aliphatic carbocycles. The molecule has 6 nitrogen and oxygen atoms in total. The van der Waals surface area contributed by atoms with Gasteiger partial charge in [-0.3, -0.25) is 0 Å². The molecule has 0 saturated heterocycles. The molecule has 4 aromatic rings. The topological polar surface area (TPSA) is 51.9 Å². The van der Waals surface area contributed by atoms with Gasteiger partial charge >= 0.3 is 0 Å². The Bertz CT molecular complexity index is 1400. The van der Waals surface area contributed by atoms with Crippen LogP contribution in [0.3, 0.4) is 0 Å². The van der Waals surface area contributed by atoms with Gasteiger partial charge in [0.05, 0.1) is 31.7 Å². The summed E-state index contributed by atoms with van der Waals surface area (Å²) in [6, 6.07) is 13.3. The van der Waals surface area contributed by atoms with Gasteiger partial charge in [0.2, 0.25) is 0 Å². The highest BCUT2D eigenvalue weighted by Gasteiger charge is 2.35. The molecule has 1 fully saturated rings. The van der Waals surface area contributed by atoms with Crippen LogP contribution < -0.4 is 9.64 Å². The lowest BCUT2D eigenvalue weighted by molar-refractivity contribution is 0.133. The number of anilines is 1. The maximum absolute atomic E-state index is 13.5. The predicted octanol–water partition coefficient (Wildman–Crippen LogP) is 5.78. The van der Waals surface area contributed by atoms with E-state index in [1.54, 1.807) is 7.11 Å². The number of ether oxygens (including phenoxy) is 2. The van der Waals surface area contributed by atoms with Crippen molar-refractivity contribution in [2.45, 2.75) is 52.5 Å². The van der Waals surface area contributed by atoms with Gasteiger partial charge in [-0.2, -0.15) is 9.61 Å². The number of rotatable bonds is 6. The van der Waals surface area contributed by atoms with E-state index in [-0.39, 0.29) is 18.2 Å². The molecule has 0 unspecified atom stereocenters. The molecule has 1 saturated carbocycles. The molecule has 2 aromatic heterocycles. The first kappa shape index (κ1) is 23.6. The minimum atomic E-state index is -0.218. The SMILES string of the molecule is COc1ccc(-c2c(C)nn3c(N(Cc4ccc(F)cc4)C4CC4)c4c(nc23)COC4)c(C)c1.Cl. The van der Waals surface area contributed by atoms with E-state index in [9.17, 15) is 4.39 Å². The first-order valence-corrected chi connectivity index (χ1v) is 11.7. The van der Waals surface area contributed by atoms with E-state index in [1.807, 2.05) is 35.7 Å². The number of halogens is 2. The van der Waals surface area contributed by atoms with Crippen molar-refractivity contribution < 1.29 is 13.9 Å². The molecule has 8 heteroatoms. The van der Waals surface area contributed by atoms with Gasteiger partial charge in [-0.15, -0.1) is 12.4 Å². The van der Waals surface area contributed by atoms with Crippen molar-refractivity contribution in [3.8, 4) is 16.9 Å². The Morgan fingerprint density at radius 1 is 1.11 bits per heavy atom. The Morgan fingerprint density at radius 3 is 2.57 bits per heavy atom. The van der Waals surface area contributed by atoms with E-state index >= 15 is 0 Å². The highest BCUT2D eigenvalue weighted by Crippen LogP contribution is 2.41. The molecule has 0 amide bonds. The molecular weight excluding hydrogens is 467 g/mol. The van der Waals surface area contributed by atoms with Crippen molar-refractivity contribution >= 4 is 23.9 Å². The van der Waals surface area contributed by atoms with Crippen LogP contribution >= 0.6 is 12.4 Å². The van der Waals surface area contributed by atoms with Crippen molar-refractivity contribution in [2.24, 2.45) is 0 Å². The molecular formula is C27H28ClFN4O2. The summed E-state index contributed by atoms with van der Waals surface area (Å²) >= 11 is 0. The fourth-order valence-corrected chi connectivity index (χ4v) is 4.94. The number of aromatic nitrogens is 3. The van der Waals surface area contributed by atoms with E-state index in [4.69, 9.17) is 19.6 Å². The maximum Gasteiger partial charge on any atom is 0.165 e. The summed E-state index contributed by atoms with van der Waals surface area (Å²) < 4.78 is 26.8. The van der Waals surface area contributed by atoms with Crippen LogP contribution in [0.4, 0.5) is 10.2 Å². The molecule has 35 heavy (non-hydrogen) atoms. The van der Waals surface area contributed by atoms with E-state index in [0.29, 0.717) is 25.8 Å². The van der Waals surface area contributed by atoms with Crippen molar-refractivity contribution in [2.75, 3.05) is 12.0 Å². The van der Waals surface area contributed by atoms with Gasteiger partial charge in [0, 0.05) is 23.7 Å². The molecule has 1 aliphatic heterocycles. The Labute approximate surface area is 210 Å². The summed E-state index contributed by atoms with van der Waals surface area (Å²) in [4.78, 5) is 7.46. The average Bonchev–Trinajstić information content (AvgIpc) is 3.48. The van der Waals surface area contributed by atoms with Crippen LogP contribution in [0.15, 0.2) is 42.5 Å². The molecule has 0 radical (unpaired) electrons. The van der Waals surface area contributed by atoms with Gasteiger partial charge in [-0.25, -0.2) is 9.37 Å². The van der Waals surface area contributed by atoms with E-state index in [0.717, 1.165) is 69.3 Å². The number of hydrogen-bond acceptors (Lipinski definition) is 5. The number of methoxy groups -OCH3 is 1. The minimum absolute atomic E-state index is 0. The van der Waals surface area contributed by atoms with Crippen LogP contribution in [-0.4, -0.2) is 27.7 Å². The van der Waals surface area contributed by atoms with E-state index < -0.39 is 0 Å². The van der Waals surface area contributed by atoms with Gasteiger partial charge < -0.3 is 14.4 Å². The van der Waals surface area contributed by atoms with E-state index in [2.05, 4.69) is 17.9 Å². The number of benzene rings is 2. The minimum Gasteiger partial charge on any atom is -0.497 e. The monoisotopic (exact) mass is 494 g/mol. The molecule has 3 heterocycles. The predicted molar refractivity (Wildman–Crippen MR) is 136 cm³/mol. The lowest BCUT2D eigenvalue weighted by Crippen LogP contribution is -2.29. The average molecular weight is 495 g/mol. The number of nitrogens with zero attached hydrogens (tertiary/aromatic N) is 4. The fraction of sp³-hybridized carbons (Fsp3) is 0.333. The van der Waals surface area contributed by atoms with Crippen LogP contribution in [0, 0.1) is 19.7 Å². The third-order valence-corrected chi connectivity index (χ3v) is 6.81. The second-order valence-corrected chi connectivity index (χ2v) is 9.22. The van der Waals surface area contributed by atoms with Crippen molar-refractivity contribution in [3.05, 3.63) is 76.4 Å². The van der Waals surface area contributed by atoms with Crippen LogP contribution in [-0.2, 0) is 24.5 Å². The molecule has 0 spiro atoms. The van der Waals surface area contributed by atoms with Gasteiger partial charge in [-0.1, -0.05) is 18.2 Å². The summed E-state index contributed by atoms with van der Waals surface area (Å²) in [5.41, 5.74) is 8.17. The molecule has 2 aliphatic rings. The van der Waals surface area contributed by atoms with Gasteiger partial charge in [-0.05, 0) is 67.6 Å². The second-order valence-electron chi connectivity index (χ2n) is 9.22. The van der Waals surface area contributed by atoms with Gasteiger partial charge in [0.1, 0.15) is 17.4 Å². The second kappa shape index (κ2) is 9.13. The molecule has 2 aromatic carbocycles. The molecule has 0 N–H and O–H groups in total. The normalized spacial score (nSPS) is 14.6. The number of aryl methyl sites for hydroxylation is 2. The highest BCUT2D eigenvalue weighted by atomic mass is 35.5. The Hall–Kier alpha value is -3.16. The Balaban J connectivity index is 0.00000253. The summed E-state index contributed by atoms with van der Waals surface area (Å²) in [6.07, 6.45) is 2.26. The molecule has 0 atom stereocenters. The lowest BCUT2D eigenvalue weighted by atomic mass is 10.0. The van der Waals surface area contributed by atoms with Gasteiger partial charge in [0.15, 0.2) is 5.65 Å². The van der Waals surface area contributed by atoms with E-state index in [1.165, 1.54) is 12.1 Å². The van der Waals surface area contributed by atoms with Crippen LogP contribution in [0.2, 0.25) is 0 Å². The smallest absolute Gasteiger partial charge is 0.165 e. The standard InChI is InChI=1S/C27H27FN4O2.ClH/c1-16-12-21(33-3)10-11-22(16)25-17(2)30-32-26(25)29-24-15-34-14-23(24)27(32)31(20-8-9-20)13-18-4-6-19(28)7-5-18;/h4-7,10-12,20H,8-9,13-15H2,1-3H3;1H. The zero-order valence-electron chi connectivity index (χ0n) is 20.0. The largest absolute Gasteiger partial charge is 0.497 e. The zero-order valence-corrected chi connectivity index (χ0v) is 20.9. The Kier molecular flexibility index (Phi) is 6.15. The first-order valence-electron chi connectivity index (χ1n) is 11.7. The number of hydrogen-bond donors (Lipinski definition) is 0. The quantitative estimate of drug-likeness (QED) is 0.340. The first-order chi connectivity index (χ1) is 16.5. The van der Waals surface area contributed by atoms with Crippen LogP contribution in [0.5, 0.6) is 5.75 Å². The summed E-state index contributed by atoms with van der Waals surface area (Å²) in [6.45, 7) is 5.84. The van der Waals surface area contributed by atoms with Crippen LogP contribution in [0.1, 0.15) is 40.9 Å². The van der Waals surface area contributed by atoms with Crippen molar-refractivity contribution in [1.29, 1.82) is 0 Å². The fourth-order valence-electron chi connectivity index (χ4n) is 4.94. The van der Waals surface area contributed by atoms with Gasteiger partial charge in [0.25, 0.3) is 0 Å². The third-order valence-electron chi connectivity index (χ3n) is 6.81. The third kappa shape index (κ3) is 4.13. The molecule has 0 bridgehead atoms. The lowest BCUT2D eigenvalue weighted by Gasteiger charge is -2.27. The van der Waals surface area contributed by atoms with Crippen molar-refractivity contribution in [3.63, 3.8) is 0 Å². The summed E-state index contributed by atoms with van der Waals surface area (Å²) in [7, 11) is 1.68. The number of fused-ring (bicyclic) bond motifs is 2. The van der Waals surface area contributed by atoms with Crippen molar-refractivity contribution in [1.82, 2.24) is 14.6 Å². The Morgan fingerprint density at radius 2 is 1.89 bits per heavy atom. The molecule has 6 rings (SSSR count). The highest BCUT2D eigenvalue weighted by molar-refractivity contribution is 5.85.